The zero-order valence-electron chi connectivity index (χ0n) is 17.0. The largest absolute Gasteiger partial charge is 0.479 e. The quantitative estimate of drug-likeness (QED) is 0.0900. The molecule has 1 amide bonds. The van der Waals surface area contributed by atoms with Crippen LogP contribution >= 0.6 is 0 Å². The molecular weight excluding hydrogens is 408 g/mol. The molecule has 0 radical (unpaired) electrons. The number of aliphatic carboxylic acids is 1. The van der Waals surface area contributed by atoms with Crippen LogP contribution in [0.2, 0.25) is 0 Å². The van der Waals surface area contributed by atoms with E-state index >= 15 is 0 Å². The molecule has 1 aromatic rings. The van der Waals surface area contributed by atoms with Gasteiger partial charge in [0.1, 0.15) is 11.7 Å². The fourth-order valence-electron chi connectivity index (χ4n) is 2.96. The van der Waals surface area contributed by atoms with Crippen LogP contribution in [0.4, 0.5) is 5.82 Å². The van der Waals surface area contributed by atoms with Crippen LogP contribution in [0, 0.1) is 11.3 Å². The number of aromatic nitrogens is 2. The van der Waals surface area contributed by atoms with Gasteiger partial charge in [0.25, 0.3) is 0 Å². The molecule has 0 aliphatic carbocycles. The smallest absolute Gasteiger partial charge is 0.351 e. The molecule has 1 aliphatic heterocycles. The number of carbonyl (C=O) groups excluding carboxylic acids is 1. The molecular formula is C18H28N8O5. The zero-order valence-corrected chi connectivity index (χ0v) is 17.0. The standard InChI is InChI=1S/C18H28N8O5/c1-9(4-6-23-8-11(19)20)14(22)16(27)24-10-2-3-13(31-15(10)17(28)29)26-7-5-12(21)25-18(26)30/h2-3,5,7,9-10,13-15,23H,4,6,8,22H2,1H3,(H3,19,20)(H,24,27)(H,28,29)(H2,21,25,30)/t9?,10-,13+,14?,15-/m0/s1. The van der Waals surface area contributed by atoms with E-state index in [-0.39, 0.29) is 24.1 Å². The van der Waals surface area contributed by atoms with Gasteiger partial charge < -0.3 is 37.7 Å². The maximum atomic E-state index is 12.5. The van der Waals surface area contributed by atoms with Crippen molar-refractivity contribution in [3.8, 4) is 0 Å². The van der Waals surface area contributed by atoms with Crippen molar-refractivity contribution in [2.24, 2.45) is 17.4 Å². The molecule has 0 bridgehead atoms. The maximum Gasteiger partial charge on any atom is 0.351 e. The second kappa shape index (κ2) is 10.7. The molecule has 2 unspecified atom stereocenters. The van der Waals surface area contributed by atoms with Gasteiger partial charge in [0.2, 0.25) is 5.91 Å². The van der Waals surface area contributed by atoms with Gasteiger partial charge in [0, 0.05) is 6.20 Å². The Kier molecular flexibility index (Phi) is 8.24. The van der Waals surface area contributed by atoms with E-state index in [1.165, 1.54) is 24.4 Å². The fourth-order valence-corrected chi connectivity index (χ4v) is 2.96. The molecule has 1 aromatic heterocycles. The van der Waals surface area contributed by atoms with E-state index in [0.29, 0.717) is 13.0 Å². The van der Waals surface area contributed by atoms with E-state index in [1.54, 1.807) is 6.92 Å². The Balaban J connectivity index is 2.02. The molecule has 0 fully saturated rings. The lowest BCUT2D eigenvalue weighted by Gasteiger charge is -2.32. The van der Waals surface area contributed by atoms with Crippen LogP contribution in [0.15, 0.2) is 29.2 Å². The lowest BCUT2D eigenvalue weighted by Crippen LogP contribution is -2.55. The Morgan fingerprint density at radius 2 is 2.13 bits per heavy atom. The normalized spacial score (nSPS) is 22.5. The van der Waals surface area contributed by atoms with Crippen LogP contribution in [0.1, 0.15) is 19.6 Å². The van der Waals surface area contributed by atoms with Gasteiger partial charge in [-0.3, -0.25) is 14.8 Å². The summed E-state index contributed by atoms with van der Waals surface area (Å²) < 4.78 is 6.59. The Bertz CT molecular complexity index is 901. The van der Waals surface area contributed by atoms with Gasteiger partial charge in [0.15, 0.2) is 12.3 Å². The fraction of sp³-hybridized carbons (Fsp3) is 0.500. The first kappa shape index (κ1) is 24.0. The molecule has 0 spiro atoms. The first-order chi connectivity index (χ1) is 14.6. The summed E-state index contributed by atoms with van der Waals surface area (Å²) in [5.74, 6) is -2.03. The summed E-state index contributed by atoms with van der Waals surface area (Å²) in [5.41, 5.74) is 16.0. The number of hydrogen-bond acceptors (Lipinski definition) is 9. The van der Waals surface area contributed by atoms with E-state index < -0.39 is 42.0 Å². The number of nitrogens with one attached hydrogen (secondary N) is 3. The molecule has 13 heteroatoms. The maximum absolute atomic E-state index is 12.5. The number of anilines is 1. The molecule has 0 saturated heterocycles. The minimum absolute atomic E-state index is 0.00816. The van der Waals surface area contributed by atoms with Crippen LogP contribution < -0.4 is 33.5 Å². The third-order valence-electron chi connectivity index (χ3n) is 4.78. The van der Waals surface area contributed by atoms with Gasteiger partial charge in [-0.15, -0.1) is 0 Å². The number of amides is 1. The Labute approximate surface area is 178 Å². The minimum Gasteiger partial charge on any atom is -0.479 e. The molecule has 0 saturated carbocycles. The average molecular weight is 436 g/mol. The lowest BCUT2D eigenvalue weighted by atomic mass is 9.97. The van der Waals surface area contributed by atoms with Gasteiger partial charge in [-0.2, -0.15) is 4.98 Å². The van der Waals surface area contributed by atoms with Gasteiger partial charge in [-0.1, -0.05) is 13.0 Å². The minimum atomic E-state index is -1.44. The Morgan fingerprint density at radius 1 is 1.42 bits per heavy atom. The molecule has 5 atom stereocenters. The first-order valence-corrected chi connectivity index (χ1v) is 9.61. The van der Waals surface area contributed by atoms with Crippen molar-refractivity contribution in [3.63, 3.8) is 0 Å². The summed E-state index contributed by atoms with van der Waals surface area (Å²) in [5, 5.41) is 22.2. The molecule has 2 heterocycles. The van der Waals surface area contributed by atoms with Gasteiger partial charge in [-0.25, -0.2) is 9.59 Å². The summed E-state index contributed by atoms with van der Waals surface area (Å²) in [4.78, 5) is 39.8. The van der Waals surface area contributed by atoms with Crippen LogP contribution in [-0.2, 0) is 14.3 Å². The van der Waals surface area contributed by atoms with Crippen molar-refractivity contribution in [1.82, 2.24) is 20.2 Å². The van der Waals surface area contributed by atoms with Crippen molar-refractivity contribution in [1.29, 1.82) is 5.41 Å². The van der Waals surface area contributed by atoms with Crippen molar-refractivity contribution < 1.29 is 19.4 Å². The number of nitrogens with zero attached hydrogens (tertiary/aromatic N) is 2. The van der Waals surface area contributed by atoms with Crippen LogP contribution in [0.5, 0.6) is 0 Å². The van der Waals surface area contributed by atoms with E-state index in [2.05, 4.69) is 15.6 Å². The highest BCUT2D eigenvalue weighted by molar-refractivity contribution is 5.84. The highest BCUT2D eigenvalue weighted by Crippen LogP contribution is 2.21. The van der Waals surface area contributed by atoms with Crippen molar-refractivity contribution in [2.75, 3.05) is 18.8 Å². The molecule has 0 aromatic carbocycles. The summed E-state index contributed by atoms with van der Waals surface area (Å²) in [6.07, 6.45) is 2.33. The number of nitrogens with two attached hydrogens (primary N) is 3. The number of hydrogen-bond donors (Lipinski definition) is 7. The summed E-state index contributed by atoms with van der Waals surface area (Å²) in [7, 11) is 0. The second-order valence-corrected chi connectivity index (χ2v) is 7.24. The van der Waals surface area contributed by atoms with E-state index in [9.17, 15) is 19.5 Å². The van der Waals surface area contributed by atoms with Gasteiger partial charge >= 0.3 is 11.7 Å². The van der Waals surface area contributed by atoms with Gasteiger partial charge in [-0.05, 0) is 31.0 Å². The number of ether oxygens (including phenoxy) is 1. The summed E-state index contributed by atoms with van der Waals surface area (Å²) in [6.45, 7) is 2.54. The van der Waals surface area contributed by atoms with E-state index in [1.807, 2.05) is 0 Å². The van der Waals surface area contributed by atoms with Crippen LogP contribution in [0.3, 0.4) is 0 Å². The van der Waals surface area contributed by atoms with Crippen LogP contribution in [0.25, 0.3) is 0 Å². The predicted molar refractivity (Wildman–Crippen MR) is 112 cm³/mol. The monoisotopic (exact) mass is 436 g/mol. The lowest BCUT2D eigenvalue weighted by molar-refractivity contribution is -0.159. The number of carbonyl (C=O) groups is 2. The number of carboxylic acid groups (broad SMARTS) is 1. The number of carboxylic acids is 1. The zero-order chi connectivity index (χ0) is 23.1. The highest BCUT2D eigenvalue weighted by Gasteiger charge is 2.36. The predicted octanol–water partition coefficient (Wildman–Crippen LogP) is -2.27. The molecule has 170 valence electrons. The SMILES string of the molecule is CC(CCNCC(=N)N)C(N)C(=O)N[C@H]1C=C[C@H](n2ccc(N)nc2=O)O[C@@H]1C(=O)O. The van der Waals surface area contributed by atoms with Crippen molar-refractivity contribution in [2.45, 2.75) is 37.8 Å². The van der Waals surface area contributed by atoms with E-state index in [0.717, 1.165) is 4.57 Å². The highest BCUT2D eigenvalue weighted by atomic mass is 16.5. The topological polar surface area (TPSA) is 224 Å². The Morgan fingerprint density at radius 3 is 2.74 bits per heavy atom. The van der Waals surface area contributed by atoms with Crippen molar-refractivity contribution >= 4 is 23.5 Å². The van der Waals surface area contributed by atoms with E-state index in [4.69, 9.17) is 27.3 Å². The van der Waals surface area contributed by atoms with Crippen molar-refractivity contribution in [3.05, 3.63) is 34.9 Å². The number of nitrogen functional groups attached to an aromatic ring is 1. The van der Waals surface area contributed by atoms with Gasteiger partial charge in [0.05, 0.1) is 18.6 Å². The summed E-state index contributed by atoms with van der Waals surface area (Å²) >= 11 is 0. The Hall–Kier alpha value is -3.29. The number of amidine groups is 1. The molecule has 13 nitrogen and oxygen atoms in total. The summed E-state index contributed by atoms with van der Waals surface area (Å²) in [6, 6.07) is -0.482. The molecule has 2 rings (SSSR count). The third kappa shape index (κ3) is 6.60. The average Bonchev–Trinajstić information content (AvgIpc) is 2.70. The second-order valence-electron chi connectivity index (χ2n) is 7.24. The number of rotatable bonds is 10. The molecule has 31 heavy (non-hydrogen) atoms. The molecule has 1 aliphatic rings. The molecule has 10 N–H and O–H groups in total. The van der Waals surface area contributed by atoms with Crippen LogP contribution in [-0.4, -0.2) is 63.6 Å². The first-order valence-electron chi connectivity index (χ1n) is 9.61. The third-order valence-corrected chi connectivity index (χ3v) is 4.78.